The van der Waals surface area contributed by atoms with Gasteiger partial charge in [0, 0.05) is 17.2 Å². The zero-order valence-corrected chi connectivity index (χ0v) is 11.2. The van der Waals surface area contributed by atoms with Crippen LogP contribution in [0.4, 0.5) is 0 Å². The van der Waals surface area contributed by atoms with E-state index in [4.69, 9.17) is 4.74 Å². The molecule has 0 fully saturated rings. The van der Waals surface area contributed by atoms with E-state index >= 15 is 0 Å². The molecular formula is C18H14O2. The van der Waals surface area contributed by atoms with Gasteiger partial charge in [0.1, 0.15) is 5.76 Å². The lowest BCUT2D eigenvalue weighted by Gasteiger charge is -2.04. The highest BCUT2D eigenvalue weighted by Gasteiger charge is 2.02. The van der Waals surface area contributed by atoms with Crippen LogP contribution in [0.5, 0.6) is 0 Å². The number of hydrogen-bond donors (Lipinski definition) is 0. The van der Waals surface area contributed by atoms with Crippen LogP contribution >= 0.6 is 0 Å². The highest BCUT2D eigenvalue weighted by molar-refractivity contribution is 6.08. The SMILES string of the molecule is CO/C(=C/C(=O)C#Cc1ccccc1)c1ccccc1. The average Bonchev–Trinajstić information content (AvgIpc) is 2.52. The van der Waals surface area contributed by atoms with Crippen LogP contribution in [0.15, 0.2) is 66.7 Å². The van der Waals surface area contributed by atoms with Gasteiger partial charge in [-0.2, -0.15) is 0 Å². The summed E-state index contributed by atoms with van der Waals surface area (Å²) >= 11 is 0. The second-order valence-electron chi connectivity index (χ2n) is 4.06. The number of methoxy groups -OCH3 is 1. The van der Waals surface area contributed by atoms with Crippen molar-refractivity contribution in [1.82, 2.24) is 0 Å². The molecule has 0 bridgehead atoms. The van der Waals surface area contributed by atoms with E-state index in [2.05, 4.69) is 11.8 Å². The predicted octanol–water partition coefficient (Wildman–Crippen LogP) is 3.29. The van der Waals surface area contributed by atoms with Crippen molar-refractivity contribution in [2.75, 3.05) is 7.11 Å². The van der Waals surface area contributed by atoms with Gasteiger partial charge in [-0.05, 0) is 18.1 Å². The molecule has 0 atom stereocenters. The predicted molar refractivity (Wildman–Crippen MR) is 79.8 cm³/mol. The second kappa shape index (κ2) is 6.96. The Bertz CT molecular complexity index is 659. The first-order valence-electron chi connectivity index (χ1n) is 6.22. The maximum absolute atomic E-state index is 11.8. The summed E-state index contributed by atoms with van der Waals surface area (Å²) in [6, 6.07) is 18.9. The molecule has 0 saturated heterocycles. The zero-order chi connectivity index (χ0) is 14.2. The van der Waals surface area contributed by atoms with Crippen LogP contribution in [0.25, 0.3) is 5.76 Å². The van der Waals surface area contributed by atoms with Gasteiger partial charge in [0.2, 0.25) is 5.78 Å². The smallest absolute Gasteiger partial charge is 0.232 e. The lowest BCUT2D eigenvalue weighted by Crippen LogP contribution is -1.94. The van der Waals surface area contributed by atoms with Crippen molar-refractivity contribution < 1.29 is 9.53 Å². The third-order valence-electron chi connectivity index (χ3n) is 2.64. The van der Waals surface area contributed by atoms with E-state index < -0.39 is 0 Å². The largest absolute Gasteiger partial charge is 0.496 e. The van der Waals surface area contributed by atoms with Crippen molar-refractivity contribution in [2.24, 2.45) is 0 Å². The Balaban J connectivity index is 2.17. The first kappa shape index (κ1) is 13.6. The number of carbonyl (C=O) groups excluding carboxylic acids is 1. The van der Waals surface area contributed by atoms with Crippen molar-refractivity contribution in [3.8, 4) is 11.8 Å². The average molecular weight is 262 g/mol. The summed E-state index contributed by atoms with van der Waals surface area (Å²) in [5.74, 6) is 5.64. The fraction of sp³-hybridized carbons (Fsp3) is 0.0556. The normalized spacial score (nSPS) is 10.3. The molecule has 0 saturated carbocycles. The van der Waals surface area contributed by atoms with E-state index in [1.807, 2.05) is 60.7 Å². The maximum Gasteiger partial charge on any atom is 0.232 e. The molecular weight excluding hydrogens is 248 g/mol. The second-order valence-corrected chi connectivity index (χ2v) is 4.06. The molecule has 0 N–H and O–H groups in total. The fourth-order valence-electron chi connectivity index (χ4n) is 1.67. The number of rotatable bonds is 3. The van der Waals surface area contributed by atoms with Gasteiger partial charge < -0.3 is 4.74 Å². The van der Waals surface area contributed by atoms with E-state index in [0.717, 1.165) is 11.1 Å². The van der Waals surface area contributed by atoms with Crippen LogP contribution in [0, 0.1) is 11.8 Å². The molecule has 0 amide bonds. The first-order chi connectivity index (χ1) is 9.79. The first-order valence-corrected chi connectivity index (χ1v) is 6.22. The van der Waals surface area contributed by atoms with Gasteiger partial charge in [0.15, 0.2) is 0 Å². The van der Waals surface area contributed by atoms with Crippen LogP contribution in [0.3, 0.4) is 0 Å². The molecule has 2 heteroatoms. The van der Waals surface area contributed by atoms with Gasteiger partial charge in [-0.1, -0.05) is 54.5 Å². The van der Waals surface area contributed by atoms with Gasteiger partial charge in [-0.3, -0.25) is 4.79 Å². The quantitative estimate of drug-likeness (QED) is 0.482. The summed E-state index contributed by atoms with van der Waals surface area (Å²) in [5.41, 5.74) is 1.66. The Hall–Kier alpha value is -2.79. The van der Waals surface area contributed by atoms with Crippen molar-refractivity contribution >= 4 is 11.5 Å². The number of hydrogen-bond acceptors (Lipinski definition) is 2. The molecule has 0 unspecified atom stereocenters. The molecule has 0 aliphatic heterocycles. The minimum Gasteiger partial charge on any atom is -0.496 e. The maximum atomic E-state index is 11.8. The van der Waals surface area contributed by atoms with Crippen LogP contribution in [-0.4, -0.2) is 12.9 Å². The van der Waals surface area contributed by atoms with Crippen LogP contribution in [0.2, 0.25) is 0 Å². The van der Waals surface area contributed by atoms with Crippen LogP contribution in [-0.2, 0) is 9.53 Å². The van der Waals surface area contributed by atoms with E-state index in [1.165, 1.54) is 13.2 Å². The third kappa shape index (κ3) is 3.86. The van der Waals surface area contributed by atoms with E-state index in [9.17, 15) is 4.79 Å². The van der Waals surface area contributed by atoms with E-state index in [1.54, 1.807) is 0 Å². The lowest BCUT2D eigenvalue weighted by atomic mass is 10.1. The minimum atomic E-state index is -0.283. The summed E-state index contributed by atoms with van der Waals surface area (Å²) in [4.78, 5) is 11.8. The van der Waals surface area contributed by atoms with Gasteiger partial charge >= 0.3 is 0 Å². The Labute approximate surface area is 118 Å². The summed E-state index contributed by atoms with van der Waals surface area (Å²) in [7, 11) is 1.54. The molecule has 0 aliphatic carbocycles. The Morgan fingerprint density at radius 3 is 2.20 bits per heavy atom. The highest BCUT2D eigenvalue weighted by Crippen LogP contribution is 2.14. The molecule has 0 aromatic heterocycles. The minimum absolute atomic E-state index is 0.283. The van der Waals surface area contributed by atoms with Crippen molar-refractivity contribution in [3.63, 3.8) is 0 Å². The molecule has 0 spiro atoms. The van der Waals surface area contributed by atoms with Crippen molar-refractivity contribution in [1.29, 1.82) is 0 Å². The molecule has 98 valence electrons. The van der Waals surface area contributed by atoms with Gasteiger partial charge in [-0.25, -0.2) is 0 Å². The van der Waals surface area contributed by atoms with Gasteiger partial charge in [0.05, 0.1) is 7.11 Å². The number of allylic oxidation sites excluding steroid dienone is 1. The summed E-state index contributed by atoms with van der Waals surface area (Å²) in [5, 5.41) is 0. The van der Waals surface area contributed by atoms with Crippen LogP contribution in [0.1, 0.15) is 11.1 Å². The van der Waals surface area contributed by atoms with E-state index in [-0.39, 0.29) is 5.78 Å². The van der Waals surface area contributed by atoms with Gasteiger partial charge in [0.25, 0.3) is 0 Å². The monoisotopic (exact) mass is 262 g/mol. The Morgan fingerprint density at radius 1 is 1.00 bits per heavy atom. The molecule has 2 rings (SSSR count). The Morgan fingerprint density at radius 2 is 1.60 bits per heavy atom. The number of carbonyl (C=O) groups is 1. The molecule has 0 aliphatic rings. The van der Waals surface area contributed by atoms with Crippen molar-refractivity contribution in [3.05, 3.63) is 77.9 Å². The molecule has 0 radical (unpaired) electrons. The number of ketones is 1. The molecule has 20 heavy (non-hydrogen) atoms. The third-order valence-corrected chi connectivity index (χ3v) is 2.64. The summed E-state index contributed by atoms with van der Waals surface area (Å²) in [6.07, 6.45) is 1.41. The van der Waals surface area contributed by atoms with Gasteiger partial charge in [-0.15, -0.1) is 0 Å². The topological polar surface area (TPSA) is 26.3 Å². The van der Waals surface area contributed by atoms with E-state index in [0.29, 0.717) is 5.76 Å². The molecule has 2 aromatic rings. The lowest BCUT2D eigenvalue weighted by molar-refractivity contribution is -0.109. The standard InChI is InChI=1S/C18H14O2/c1-20-18(16-10-6-3-7-11-16)14-17(19)13-12-15-8-4-2-5-9-15/h2-11,14H,1H3/b18-14+. The molecule has 2 aromatic carbocycles. The number of benzene rings is 2. The summed E-state index contributed by atoms with van der Waals surface area (Å²) < 4.78 is 5.23. The van der Waals surface area contributed by atoms with Crippen LogP contribution < -0.4 is 0 Å². The zero-order valence-electron chi connectivity index (χ0n) is 11.2. The highest BCUT2D eigenvalue weighted by atomic mass is 16.5. The van der Waals surface area contributed by atoms with Crippen molar-refractivity contribution in [2.45, 2.75) is 0 Å². The Kier molecular flexibility index (Phi) is 4.75. The number of ether oxygens (including phenoxy) is 1. The molecule has 2 nitrogen and oxygen atoms in total. The summed E-state index contributed by atoms with van der Waals surface area (Å²) in [6.45, 7) is 0. The fourth-order valence-corrected chi connectivity index (χ4v) is 1.67. The molecule has 0 heterocycles.